The third-order valence-electron chi connectivity index (χ3n) is 4.60. The van der Waals surface area contributed by atoms with Crippen molar-refractivity contribution < 1.29 is 9.72 Å². The number of nitro benzene ring substituents is 1. The molecule has 2 aromatic carbocycles. The average Bonchev–Trinajstić information content (AvgIpc) is 2.67. The number of carbonyl (C=O) groups excluding carboxylic acids is 1. The number of nitro groups is 1. The van der Waals surface area contributed by atoms with Gasteiger partial charge >= 0.3 is 0 Å². The number of carbonyl (C=O) groups is 1. The monoisotopic (exact) mass is 388 g/mol. The standard InChI is InChI=1S/C19H21ClN4O3/c20-15-5-1-3-7-17(15)23-13-11-22(12-14-23)10-9-19(25)21-16-6-2-4-8-18(16)24(26)27/h1-8H,9-14H2,(H,21,25). The van der Waals surface area contributed by atoms with Gasteiger partial charge in [-0.3, -0.25) is 19.8 Å². The highest BCUT2D eigenvalue weighted by Crippen LogP contribution is 2.26. The fraction of sp³-hybridized carbons (Fsp3) is 0.316. The van der Waals surface area contributed by atoms with Gasteiger partial charge in [0.2, 0.25) is 5.91 Å². The Morgan fingerprint density at radius 1 is 1.07 bits per heavy atom. The topological polar surface area (TPSA) is 78.7 Å². The zero-order valence-electron chi connectivity index (χ0n) is 14.8. The van der Waals surface area contributed by atoms with Crippen molar-refractivity contribution in [3.8, 4) is 0 Å². The first kappa shape index (κ1) is 19.1. The summed E-state index contributed by atoms with van der Waals surface area (Å²) < 4.78 is 0. The smallest absolute Gasteiger partial charge is 0.292 e. The van der Waals surface area contributed by atoms with E-state index in [0.717, 1.165) is 36.9 Å². The van der Waals surface area contributed by atoms with Crippen LogP contribution in [-0.4, -0.2) is 48.5 Å². The molecule has 1 amide bonds. The summed E-state index contributed by atoms with van der Waals surface area (Å²) in [7, 11) is 0. The predicted octanol–water partition coefficient (Wildman–Crippen LogP) is 3.40. The van der Waals surface area contributed by atoms with Crippen LogP contribution in [0.4, 0.5) is 17.1 Å². The molecule has 0 saturated carbocycles. The van der Waals surface area contributed by atoms with Crippen LogP contribution >= 0.6 is 11.6 Å². The van der Waals surface area contributed by atoms with E-state index in [9.17, 15) is 14.9 Å². The molecule has 8 heteroatoms. The van der Waals surface area contributed by atoms with Crippen molar-refractivity contribution in [1.29, 1.82) is 0 Å². The van der Waals surface area contributed by atoms with Gasteiger partial charge < -0.3 is 10.2 Å². The molecule has 3 rings (SSSR count). The average molecular weight is 389 g/mol. The number of nitrogens with one attached hydrogen (secondary N) is 1. The van der Waals surface area contributed by atoms with Gasteiger partial charge in [0.1, 0.15) is 5.69 Å². The molecule has 1 heterocycles. The molecule has 27 heavy (non-hydrogen) atoms. The molecule has 142 valence electrons. The Kier molecular flexibility index (Phi) is 6.26. The molecule has 1 aliphatic heterocycles. The van der Waals surface area contributed by atoms with E-state index in [1.165, 1.54) is 6.07 Å². The number of hydrogen-bond donors (Lipinski definition) is 1. The molecule has 0 spiro atoms. The lowest BCUT2D eigenvalue weighted by molar-refractivity contribution is -0.383. The van der Waals surface area contributed by atoms with E-state index >= 15 is 0 Å². The van der Waals surface area contributed by atoms with E-state index in [1.807, 2.05) is 24.3 Å². The Labute approximate surface area is 162 Å². The SMILES string of the molecule is O=C(CCN1CCN(c2ccccc2Cl)CC1)Nc1ccccc1[N+](=O)[O-]. The van der Waals surface area contributed by atoms with Crippen molar-refractivity contribution >= 4 is 34.6 Å². The number of amides is 1. The molecule has 0 unspecified atom stereocenters. The zero-order valence-corrected chi connectivity index (χ0v) is 15.6. The van der Waals surface area contributed by atoms with Crippen LogP contribution in [0.15, 0.2) is 48.5 Å². The van der Waals surface area contributed by atoms with Crippen LogP contribution in [0, 0.1) is 10.1 Å². The van der Waals surface area contributed by atoms with Crippen LogP contribution in [-0.2, 0) is 4.79 Å². The minimum atomic E-state index is -0.496. The summed E-state index contributed by atoms with van der Waals surface area (Å²) in [6.45, 7) is 3.97. The van der Waals surface area contributed by atoms with Gasteiger partial charge in [0, 0.05) is 45.2 Å². The van der Waals surface area contributed by atoms with Crippen LogP contribution < -0.4 is 10.2 Å². The van der Waals surface area contributed by atoms with Crippen molar-refractivity contribution in [3.63, 3.8) is 0 Å². The number of piperazine rings is 1. The fourth-order valence-corrected chi connectivity index (χ4v) is 3.39. The number of para-hydroxylation sites is 3. The Morgan fingerprint density at radius 3 is 2.44 bits per heavy atom. The molecule has 0 atom stereocenters. The predicted molar refractivity (Wildman–Crippen MR) is 106 cm³/mol. The molecule has 2 aromatic rings. The Hall–Kier alpha value is -2.64. The van der Waals surface area contributed by atoms with Gasteiger partial charge in [-0.1, -0.05) is 35.9 Å². The molecule has 1 saturated heterocycles. The summed E-state index contributed by atoms with van der Waals surface area (Å²) in [4.78, 5) is 27.1. The van der Waals surface area contributed by atoms with E-state index in [4.69, 9.17) is 11.6 Å². The molecule has 0 aromatic heterocycles. The lowest BCUT2D eigenvalue weighted by Gasteiger charge is -2.36. The Bertz CT molecular complexity index is 822. The van der Waals surface area contributed by atoms with Gasteiger partial charge in [0.15, 0.2) is 0 Å². The zero-order chi connectivity index (χ0) is 19.2. The van der Waals surface area contributed by atoms with E-state index in [1.54, 1.807) is 18.2 Å². The number of halogens is 1. The molecule has 0 aliphatic carbocycles. The Balaban J connectivity index is 1.47. The number of rotatable bonds is 6. The maximum atomic E-state index is 12.2. The normalized spacial score (nSPS) is 14.8. The van der Waals surface area contributed by atoms with Crippen molar-refractivity contribution in [2.45, 2.75) is 6.42 Å². The molecule has 1 N–H and O–H groups in total. The third-order valence-corrected chi connectivity index (χ3v) is 4.91. The van der Waals surface area contributed by atoms with E-state index < -0.39 is 4.92 Å². The maximum Gasteiger partial charge on any atom is 0.292 e. The third kappa shape index (κ3) is 4.96. The number of benzene rings is 2. The lowest BCUT2D eigenvalue weighted by atomic mass is 10.2. The molecule has 0 bridgehead atoms. The summed E-state index contributed by atoms with van der Waals surface area (Å²) in [5.74, 6) is -0.224. The van der Waals surface area contributed by atoms with Crippen LogP contribution in [0.5, 0.6) is 0 Å². The molecule has 7 nitrogen and oxygen atoms in total. The number of hydrogen-bond acceptors (Lipinski definition) is 5. The maximum absolute atomic E-state index is 12.2. The minimum Gasteiger partial charge on any atom is -0.368 e. The summed E-state index contributed by atoms with van der Waals surface area (Å²) in [5.41, 5.74) is 1.17. The summed E-state index contributed by atoms with van der Waals surface area (Å²) >= 11 is 6.25. The van der Waals surface area contributed by atoms with Crippen molar-refractivity contribution in [2.24, 2.45) is 0 Å². The van der Waals surface area contributed by atoms with Crippen LogP contribution in [0.3, 0.4) is 0 Å². The van der Waals surface area contributed by atoms with E-state index in [2.05, 4.69) is 15.1 Å². The van der Waals surface area contributed by atoms with Crippen molar-refractivity contribution in [2.75, 3.05) is 42.9 Å². The second-order valence-corrected chi connectivity index (χ2v) is 6.76. The first-order chi connectivity index (χ1) is 13.0. The molecular formula is C19H21ClN4O3. The number of anilines is 2. The van der Waals surface area contributed by atoms with Crippen molar-refractivity contribution in [3.05, 3.63) is 63.7 Å². The lowest BCUT2D eigenvalue weighted by Crippen LogP contribution is -2.47. The summed E-state index contributed by atoms with van der Waals surface area (Å²) in [5, 5.41) is 14.4. The first-order valence-corrected chi connectivity index (χ1v) is 9.17. The highest BCUT2D eigenvalue weighted by molar-refractivity contribution is 6.33. The highest BCUT2D eigenvalue weighted by atomic mass is 35.5. The second-order valence-electron chi connectivity index (χ2n) is 6.35. The summed E-state index contributed by atoms with van der Waals surface area (Å²) in [6.07, 6.45) is 0.290. The van der Waals surface area contributed by atoms with Crippen LogP contribution in [0.2, 0.25) is 5.02 Å². The largest absolute Gasteiger partial charge is 0.368 e. The van der Waals surface area contributed by atoms with Gasteiger partial charge in [-0.25, -0.2) is 0 Å². The van der Waals surface area contributed by atoms with Crippen molar-refractivity contribution in [1.82, 2.24) is 4.90 Å². The highest BCUT2D eigenvalue weighted by Gasteiger charge is 2.20. The summed E-state index contributed by atoms with van der Waals surface area (Å²) in [6, 6.07) is 13.9. The molecular weight excluding hydrogens is 368 g/mol. The number of nitrogens with zero attached hydrogens (tertiary/aromatic N) is 3. The first-order valence-electron chi connectivity index (χ1n) is 8.79. The van der Waals surface area contributed by atoms with E-state index in [-0.39, 0.29) is 23.7 Å². The quantitative estimate of drug-likeness (QED) is 0.606. The molecule has 0 radical (unpaired) electrons. The minimum absolute atomic E-state index is 0.0980. The van der Waals surface area contributed by atoms with Gasteiger partial charge in [0.25, 0.3) is 5.69 Å². The van der Waals surface area contributed by atoms with Gasteiger partial charge in [-0.05, 0) is 18.2 Å². The van der Waals surface area contributed by atoms with Gasteiger partial charge in [-0.15, -0.1) is 0 Å². The Morgan fingerprint density at radius 2 is 1.74 bits per heavy atom. The molecule has 1 aliphatic rings. The van der Waals surface area contributed by atoms with Crippen LogP contribution in [0.1, 0.15) is 6.42 Å². The fourth-order valence-electron chi connectivity index (χ4n) is 3.13. The van der Waals surface area contributed by atoms with Crippen LogP contribution in [0.25, 0.3) is 0 Å². The van der Waals surface area contributed by atoms with Gasteiger partial charge in [-0.2, -0.15) is 0 Å². The molecule has 1 fully saturated rings. The second kappa shape index (κ2) is 8.83. The van der Waals surface area contributed by atoms with E-state index in [0.29, 0.717) is 6.54 Å². The van der Waals surface area contributed by atoms with Gasteiger partial charge in [0.05, 0.1) is 15.6 Å².